The topological polar surface area (TPSA) is 133 Å². The van der Waals surface area contributed by atoms with Crippen molar-refractivity contribution in [2.75, 3.05) is 0 Å². The van der Waals surface area contributed by atoms with E-state index in [1.807, 2.05) is 0 Å². The molecule has 130 valence electrons. The van der Waals surface area contributed by atoms with E-state index < -0.39 is 34.8 Å². The van der Waals surface area contributed by atoms with E-state index in [1.54, 1.807) is 0 Å². The minimum absolute atomic E-state index is 0.179. The third-order valence-corrected chi connectivity index (χ3v) is 3.33. The first-order valence-electron chi connectivity index (χ1n) is 7.09. The third kappa shape index (κ3) is 4.55. The molecule has 8 heteroatoms. The summed E-state index contributed by atoms with van der Waals surface area (Å²) in [5, 5.41) is 22.7. The normalized spacial score (nSPS) is 11.5. The maximum absolute atomic E-state index is 12.0. The Morgan fingerprint density at radius 3 is 1.17 bits per heavy atom. The molecule has 0 saturated carbocycles. The Morgan fingerprint density at radius 1 is 0.708 bits per heavy atom. The summed E-state index contributed by atoms with van der Waals surface area (Å²) < 4.78 is 0. The summed E-state index contributed by atoms with van der Waals surface area (Å²) in [6, 6.07) is 5.43. The summed E-state index contributed by atoms with van der Waals surface area (Å²) >= 11 is 0. The number of hydrogen-bond donors (Lipinski definition) is 4. The van der Waals surface area contributed by atoms with Gasteiger partial charge in [-0.3, -0.25) is 9.59 Å². The SMILES string of the molecule is CC(C)(NC(=O)c1ccc(C(=O)NC(C)(C)C(=O)O)cc1)C(=O)O. The molecule has 0 aromatic heterocycles. The second kappa shape index (κ2) is 6.69. The highest BCUT2D eigenvalue weighted by molar-refractivity contribution is 6.00. The van der Waals surface area contributed by atoms with E-state index in [0.717, 1.165) is 0 Å². The van der Waals surface area contributed by atoms with Gasteiger partial charge >= 0.3 is 11.9 Å². The first-order valence-corrected chi connectivity index (χ1v) is 7.09. The fourth-order valence-electron chi connectivity index (χ4n) is 1.59. The van der Waals surface area contributed by atoms with Gasteiger partial charge in [0.2, 0.25) is 0 Å². The van der Waals surface area contributed by atoms with Crippen LogP contribution in [0.5, 0.6) is 0 Å². The van der Waals surface area contributed by atoms with Gasteiger partial charge in [-0.15, -0.1) is 0 Å². The number of nitrogens with one attached hydrogen (secondary N) is 2. The zero-order valence-electron chi connectivity index (χ0n) is 13.8. The number of benzene rings is 1. The number of aliphatic carboxylic acids is 2. The smallest absolute Gasteiger partial charge is 0.328 e. The van der Waals surface area contributed by atoms with Crippen molar-refractivity contribution in [2.24, 2.45) is 0 Å². The van der Waals surface area contributed by atoms with Crippen LogP contribution >= 0.6 is 0 Å². The maximum Gasteiger partial charge on any atom is 0.328 e. The van der Waals surface area contributed by atoms with Crippen LogP contribution in [-0.2, 0) is 9.59 Å². The molecule has 8 nitrogen and oxygen atoms in total. The first kappa shape index (κ1) is 19.1. The molecule has 0 aliphatic carbocycles. The van der Waals surface area contributed by atoms with Gasteiger partial charge in [0.05, 0.1) is 0 Å². The lowest BCUT2D eigenvalue weighted by Crippen LogP contribution is -2.50. The van der Waals surface area contributed by atoms with E-state index >= 15 is 0 Å². The molecule has 4 N–H and O–H groups in total. The molecule has 0 atom stereocenters. The average molecular weight is 336 g/mol. The minimum atomic E-state index is -1.43. The van der Waals surface area contributed by atoms with Crippen LogP contribution in [0.4, 0.5) is 0 Å². The monoisotopic (exact) mass is 336 g/mol. The van der Waals surface area contributed by atoms with Crippen molar-refractivity contribution in [1.29, 1.82) is 0 Å². The predicted molar refractivity (Wildman–Crippen MR) is 84.8 cm³/mol. The predicted octanol–water partition coefficient (Wildman–Crippen LogP) is 0.873. The summed E-state index contributed by atoms with van der Waals surface area (Å²) in [5.74, 6) is -3.55. The first-order chi connectivity index (χ1) is 10.9. The van der Waals surface area contributed by atoms with Crippen molar-refractivity contribution < 1.29 is 29.4 Å². The van der Waals surface area contributed by atoms with Crippen LogP contribution in [0, 0.1) is 0 Å². The molecule has 2 amide bonds. The molecule has 0 radical (unpaired) electrons. The third-order valence-electron chi connectivity index (χ3n) is 3.33. The number of carbonyl (C=O) groups excluding carboxylic acids is 2. The van der Waals surface area contributed by atoms with Gasteiger partial charge in [0.25, 0.3) is 11.8 Å². The molecule has 0 aliphatic rings. The molecule has 0 saturated heterocycles. The molecule has 0 unspecified atom stereocenters. The Kier molecular flexibility index (Phi) is 5.34. The molecular weight excluding hydrogens is 316 g/mol. The number of rotatable bonds is 6. The van der Waals surface area contributed by atoms with E-state index in [9.17, 15) is 19.2 Å². The van der Waals surface area contributed by atoms with E-state index in [2.05, 4.69) is 10.6 Å². The Hall–Kier alpha value is -2.90. The zero-order chi connectivity index (χ0) is 18.7. The molecule has 1 aromatic rings. The molecule has 0 fully saturated rings. The van der Waals surface area contributed by atoms with Crippen molar-refractivity contribution in [1.82, 2.24) is 10.6 Å². The maximum atomic E-state index is 12.0. The summed E-state index contributed by atoms with van der Waals surface area (Å²) in [6.45, 7) is 5.40. The minimum Gasteiger partial charge on any atom is -0.480 e. The molecule has 1 rings (SSSR count). The highest BCUT2D eigenvalue weighted by Gasteiger charge is 2.30. The van der Waals surface area contributed by atoms with E-state index in [4.69, 9.17) is 10.2 Å². The highest BCUT2D eigenvalue weighted by Crippen LogP contribution is 2.10. The standard InChI is InChI=1S/C16H20N2O6/c1-15(2,13(21)22)17-11(19)9-5-7-10(8-6-9)12(20)18-16(3,4)14(23)24/h5-8H,1-4H3,(H,17,19)(H,18,20)(H,21,22)(H,23,24). The zero-order valence-corrected chi connectivity index (χ0v) is 13.8. The quantitative estimate of drug-likeness (QED) is 0.609. The van der Waals surface area contributed by atoms with E-state index in [0.29, 0.717) is 0 Å². The summed E-state index contributed by atoms with van der Waals surface area (Å²) in [7, 11) is 0. The number of carbonyl (C=O) groups is 4. The van der Waals surface area contributed by atoms with Crippen LogP contribution in [0.1, 0.15) is 48.4 Å². The molecular formula is C16H20N2O6. The second-order valence-corrected chi connectivity index (χ2v) is 6.35. The van der Waals surface area contributed by atoms with Crippen molar-refractivity contribution in [3.63, 3.8) is 0 Å². The molecule has 0 aliphatic heterocycles. The molecule has 0 spiro atoms. The van der Waals surface area contributed by atoms with Crippen molar-refractivity contribution in [3.8, 4) is 0 Å². The van der Waals surface area contributed by atoms with Gasteiger partial charge in [-0.1, -0.05) is 0 Å². The van der Waals surface area contributed by atoms with Gasteiger partial charge in [0.15, 0.2) is 0 Å². The van der Waals surface area contributed by atoms with E-state index in [-0.39, 0.29) is 11.1 Å². The largest absolute Gasteiger partial charge is 0.480 e. The fourth-order valence-corrected chi connectivity index (χ4v) is 1.59. The van der Waals surface area contributed by atoms with Gasteiger partial charge in [-0.2, -0.15) is 0 Å². The molecule has 24 heavy (non-hydrogen) atoms. The van der Waals surface area contributed by atoms with Gasteiger partial charge in [0, 0.05) is 11.1 Å². The fraction of sp³-hybridized carbons (Fsp3) is 0.375. The van der Waals surface area contributed by atoms with Crippen LogP contribution in [0.15, 0.2) is 24.3 Å². The van der Waals surface area contributed by atoms with Gasteiger partial charge in [0.1, 0.15) is 11.1 Å². The van der Waals surface area contributed by atoms with Crippen LogP contribution in [0.3, 0.4) is 0 Å². The number of carboxylic acid groups (broad SMARTS) is 2. The van der Waals surface area contributed by atoms with Crippen molar-refractivity contribution in [3.05, 3.63) is 35.4 Å². The lowest BCUT2D eigenvalue weighted by Gasteiger charge is -2.21. The van der Waals surface area contributed by atoms with Crippen LogP contribution in [0.25, 0.3) is 0 Å². The summed E-state index contributed by atoms with van der Waals surface area (Å²) in [6.07, 6.45) is 0. The number of carboxylic acids is 2. The lowest BCUT2D eigenvalue weighted by atomic mass is 10.0. The molecule has 0 heterocycles. The Morgan fingerprint density at radius 2 is 0.958 bits per heavy atom. The average Bonchev–Trinajstić information content (AvgIpc) is 2.46. The highest BCUT2D eigenvalue weighted by atomic mass is 16.4. The van der Waals surface area contributed by atoms with E-state index in [1.165, 1.54) is 52.0 Å². The molecule has 0 bridgehead atoms. The van der Waals surface area contributed by atoms with Gasteiger partial charge in [-0.25, -0.2) is 9.59 Å². The number of hydrogen-bond acceptors (Lipinski definition) is 4. The van der Waals surface area contributed by atoms with Crippen molar-refractivity contribution in [2.45, 2.75) is 38.8 Å². The Labute approximate surface area is 138 Å². The summed E-state index contributed by atoms with van der Waals surface area (Å²) in [5.41, 5.74) is -2.51. The molecule has 1 aromatic carbocycles. The number of amides is 2. The second-order valence-electron chi connectivity index (χ2n) is 6.35. The van der Waals surface area contributed by atoms with Crippen molar-refractivity contribution >= 4 is 23.8 Å². The summed E-state index contributed by atoms with van der Waals surface area (Å²) in [4.78, 5) is 46.0. The van der Waals surface area contributed by atoms with Crippen LogP contribution in [0.2, 0.25) is 0 Å². The lowest BCUT2D eigenvalue weighted by molar-refractivity contribution is -0.143. The van der Waals surface area contributed by atoms with Crippen LogP contribution in [-0.4, -0.2) is 45.0 Å². The Bertz CT molecular complexity index is 617. The van der Waals surface area contributed by atoms with Crippen LogP contribution < -0.4 is 10.6 Å². The van der Waals surface area contributed by atoms with Gasteiger partial charge < -0.3 is 20.8 Å². The van der Waals surface area contributed by atoms with Gasteiger partial charge in [-0.05, 0) is 52.0 Å². The Balaban J connectivity index is 2.86.